The van der Waals surface area contributed by atoms with E-state index in [4.69, 9.17) is 0 Å². The molecule has 0 aromatic heterocycles. The van der Waals surface area contributed by atoms with Gasteiger partial charge in [-0.1, -0.05) is 26.0 Å². The van der Waals surface area contributed by atoms with Crippen LogP contribution < -0.4 is 10.6 Å². The minimum atomic E-state index is -1.02. The van der Waals surface area contributed by atoms with Crippen LogP contribution in [0, 0.1) is 29.2 Å². The molecule has 0 spiro atoms. The lowest BCUT2D eigenvalue weighted by Gasteiger charge is -2.21. The van der Waals surface area contributed by atoms with Crippen molar-refractivity contribution in [2.24, 2.45) is 5.92 Å². The summed E-state index contributed by atoms with van der Waals surface area (Å²) in [5.41, 5.74) is -1.47. The van der Waals surface area contributed by atoms with Crippen LogP contribution >= 0.6 is 0 Å². The van der Waals surface area contributed by atoms with Crippen LogP contribution in [-0.4, -0.2) is 24.4 Å². The monoisotopic (exact) mass is 396 g/mol. The number of nitrogens with one attached hydrogen (secondary N) is 2. The molecule has 28 heavy (non-hydrogen) atoms. The average molecular weight is 396 g/mol. The molecule has 1 atom stereocenters. The number of amides is 2. The molecule has 0 aliphatic heterocycles. The zero-order valence-corrected chi connectivity index (χ0v) is 15.4. The molecule has 0 saturated carbocycles. The van der Waals surface area contributed by atoms with E-state index < -0.39 is 52.3 Å². The van der Waals surface area contributed by atoms with E-state index in [9.17, 15) is 27.2 Å². The van der Waals surface area contributed by atoms with E-state index in [1.54, 1.807) is 0 Å². The molecule has 2 rings (SSSR count). The SMILES string of the molecule is CC(C)CC(CNC(=O)c1c(F)cccc1F)NC(=O)c1c(F)cccc1F. The van der Waals surface area contributed by atoms with Crippen molar-refractivity contribution in [3.8, 4) is 0 Å². The molecule has 2 N–H and O–H groups in total. The summed E-state index contributed by atoms with van der Waals surface area (Å²) in [5.74, 6) is -5.97. The van der Waals surface area contributed by atoms with Crippen molar-refractivity contribution in [2.75, 3.05) is 6.54 Å². The first-order valence-corrected chi connectivity index (χ1v) is 8.67. The van der Waals surface area contributed by atoms with Crippen LogP contribution in [0.25, 0.3) is 0 Å². The van der Waals surface area contributed by atoms with Gasteiger partial charge >= 0.3 is 0 Å². The van der Waals surface area contributed by atoms with Crippen molar-refractivity contribution in [2.45, 2.75) is 26.3 Å². The lowest BCUT2D eigenvalue weighted by Crippen LogP contribution is -2.45. The Morgan fingerprint density at radius 3 is 1.68 bits per heavy atom. The molecule has 0 radical (unpaired) electrons. The molecule has 150 valence electrons. The average Bonchev–Trinajstić information content (AvgIpc) is 2.59. The molecule has 0 heterocycles. The minimum absolute atomic E-state index is 0.0675. The summed E-state index contributed by atoms with van der Waals surface area (Å²) >= 11 is 0. The number of rotatable bonds is 7. The highest BCUT2D eigenvalue weighted by molar-refractivity contribution is 5.96. The number of hydrogen-bond acceptors (Lipinski definition) is 2. The van der Waals surface area contributed by atoms with E-state index >= 15 is 0 Å². The van der Waals surface area contributed by atoms with Crippen LogP contribution in [0.4, 0.5) is 17.6 Å². The zero-order chi connectivity index (χ0) is 20.8. The Balaban J connectivity index is 2.12. The Labute approximate surface area is 159 Å². The smallest absolute Gasteiger partial charge is 0.257 e. The van der Waals surface area contributed by atoms with E-state index in [0.29, 0.717) is 6.42 Å². The fourth-order valence-corrected chi connectivity index (χ4v) is 2.75. The second-order valence-corrected chi connectivity index (χ2v) is 6.70. The molecular weight excluding hydrogens is 376 g/mol. The van der Waals surface area contributed by atoms with E-state index in [2.05, 4.69) is 10.6 Å². The fourth-order valence-electron chi connectivity index (χ4n) is 2.75. The Morgan fingerprint density at radius 2 is 1.25 bits per heavy atom. The van der Waals surface area contributed by atoms with Crippen molar-refractivity contribution in [3.63, 3.8) is 0 Å². The number of hydrogen-bond donors (Lipinski definition) is 2. The van der Waals surface area contributed by atoms with Gasteiger partial charge in [0.1, 0.15) is 34.4 Å². The standard InChI is InChI=1S/C20H20F4N2O2/c1-11(2)9-12(26-20(28)18-15(23)7-4-8-16(18)24)10-25-19(27)17-13(21)5-3-6-14(17)22/h3-8,11-12H,9-10H2,1-2H3,(H,25,27)(H,26,28). The van der Waals surface area contributed by atoms with Gasteiger partial charge in [-0.2, -0.15) is 0 Å². The third kappa shape index (κ3) is 5.31. The van der Waals surface area contributed by atoms with Gasteiger partial charge in [-0.15, -0.1) is 0 Å². The van der Waals surface area contributed by atoms with Gasteiger partial charge in [-0.05, 0) is 36.6 Å². The Kier molecular flexibility index (Phi) is 7.14. The van der Waals surface area contributed by atoms with Gasteiger partial charge in [0.05, 0.1) is 0 Å². The van der Waals surface area contributed by atoms with Crippen LogP contribution in [0.1, 0.15) is 41.0 Å². The zero-order valence-electron chi connectivity index (χ0n) is 15.4. The van der Waals surface area contributed by atoms with Gasteiger partial charge < -0.3 is 10.6 Å². The lowest BCUT2D eigenvalue weighted by molar-refractivity contribution is 0.0894. The third-order valence-electron chi connectivity index (χ3n) is 3.98. The van der Waals surface area contributed by atoms with Crippen LogP contribution in [-0.2, 0) is 0 Å². The summed E-state index contributed by atoms with van der Waals surface area (Å²) in [7, 11) is 0. The minimum Gasteiger partial charge on any atom is -0.350 e. The predicted octanol–water partition coefficient (Wildman–Crippen LogP) is 3.82. The van der Waals surface area contributed by atoms with E-state index in [1.807, 2.05) is 13.8 Å². The highest BCUT2D eigenvalue weighted by atomic mass is 19.1. The van der Waals surface area contributed by atoms with E-state index in [1.165, 1.54) is 0 Å². The van der Waals surface area contributed by atoms with Crippen molar-refractivity contribution in [3.05, 3.63) is 70.8 Å². The largest absolute Gasteiger partial charge is 0.350 e. The molecule has 8 heteroatoms. The molecule has 0 bridgehead atoms. The predicted molar refractivity (Wildman–Crippen MR) is 95.8 cm³/mol. The molecule has 1 unspecified atom stereocenters. The Morgan fingerprint density at radius 1 is 0.821 bits per heavy atom. The number of halogens is 4. The summed E-state index contributed by atoms with van der Waals surface area (Å²) in [5, 5.41) is 4.81. The molecule has 0 aliphatic carbocycles. The van der Waals surface area contributed by atoms with Crippen LogP contribution in [0.2, 0.25) is 0 Å². The quantitative estimate of drug-likeness (QED) is 0.699. The highest BCUT2D eigenvalue weighted by Gasteiger charge is 2.23. The second kappa shape index (κ2) is 9.34. The first kappa shape index (κ1) is 21.4. The molecule has 2 aromatic carbocycles. The van der Waals surface area contributed by atoms with Gasteiger partial charge in [-0.3, -0.25) is 9.59 Å². The molecule has 0 saturated heterocycles. The van der Waals surface area contributed by atoms with Gasteiger partial charge in [-0.25, -0.2) is 17.6 Å². The van der Waals surface area contributed by atoms with E-state index in [-0.39, 0.29) is 12.5 Å². The fraction of sp³-hybridized carbons (Fsp3) is 0.300. The third-order valence-corrected chi connectivity index (χ3v) is 3.98. The molecule has 0 aliphatic rings. The van der Waals surface area contributed by atoms with Crippen LogP contribution in [0.15, 0.2) is 36.4 Å². The summed E-state index contributed by atoms with van der Waals surface area (Å²) < 4.78 is 55.0. The first-order valence-electron chi connectivity index (χ1n) is 8.67. The number of carbonyl (C=O) groups excluding carboxylic acids is 2. The summed E-state index contributed by atoms with van der Waals surface area (Å²) in [6.07, 6.45) is 0.363. The second-order valence-electron chi connectivity index (χ2n) is 6.70. The van der Waals surface area contributed by atoms with E-state index in [0.717, 1.165) is 36.4 Å². The van der Waals surface area contributed by atoms with Crippen molar-refractivity contribution in [1.29, 1.82) is 0 Å². The molecular formula is C20H20F4N2O2. The highest BCUT2D eigenvalue weighted by Crippen LogP contribution is 2.14. The van der Waals surface area contributed by atoms with Gasteiger partial charge in [0.15, 0.2) is 0 Å². The normalized spacial score (nSPS) is 12.0. The van der Waals surface area contributed by atoms with Gasteiger partial charge in [0, 0.05) is 12.6 Å². The Hall–Kier alpha value is -2.90. The van der Waals surface area contributed by atoms with Crippen molar-refractivity contribution >= 4 is 11.8 Å². The van der Waals surface area contributed by atoms with Crippen molar-refractivity contribution in [1.82, 2.24) is 10.6 Å². The Bertz CT molecular complexity index is 831. The number of carbonyl (C=O) groups is 2. The first-order chi connectivity index (χ1) is 13.2. The molecule has 0 fully saturated rings. The lowest BCUT2D eigenvalue weighted by atomic mass is 10.0. The van der Waals surface area contributed by atoms with Crippen LogP contribution in [0.5, 0.6) is 0 Å². The summed E-state index contributed by atoms with van der Waals surface area (Å²) in [6.45, 7) is 3.52. The molecule has 2 amide bonds. The van der Waals surface area contributed by atoms with Gasteiger partial charge in [0.2, 0.25) is 0 Å². The topological polar surface area (TPSA) is 58.2 Å². The maximum atomic E-state index is 13.8. The maximum absolute atomic E-state index is 13.8. The summed E-state index contributed by atoms with van der Waals surface area (Å²) in [4.78, 5) is 24.4. The maximum Gasteiger partial charge on any atom is 0.257 e. The van der Waals surface area contributed by atoms with Crippen molar-refractivity contribution < 1.29 is 27.2 Å². The molecule has 4 nitrogen and oxygen atoms in total. The van der Waals surface area contributed by atoms with Gasteiger partial charge in [0.25, 0.3) is 11.8 Å². The summed E-state index contributed by atoms with van der Waals surface area (Å²) in [6, 6.07) is 5.38. The van der Waals surface area contributed by atoms with Crippen LogP contribution in [0.3, 0.4) is 0 Å². The molecule has 2 aromatic rings. The number of benzene rings is 2.